The van der Waals surface area contributed by atoms with Crippen LogP contribution in [0, 0.1) is 0 Å². The van der Waals surface area contributed by atoms with Crippen molar-refractivity contribution in [2.45, 2.75) is 0 Å². The number of anilines is 2. The van der Waals surface area contributed by atoms with Crippen LogP contribution in [0.1, 0.15) is 0 Å². The minimum absolute atomic E-state index is 0.164. The summed E-state index contributed by atoms with van der Waals surface area (Å²) in [5.41, 5.74) is 7.18. The van der Waals surface area contributed by atoms with Gasteiger partial charge >= 0.3 is 0 Å². The van der Waals surface area contributed by atoms with Gasteiger partial charge in [-0.3, -0.25) is 4.79 Å². The van der Waals surface area contributed by atoms with E-state index in [0.29, 0.717) is 13.1 Å². The second kappa shape index (κ2) is 5.36. The molecule has 0 aliphatic rings. The van der Waals surface area contributed by atoms with Crippen molar-refractivity contribution in [3.63, 3.8) is 0 Å². The molecule has 0 spiro atoms. The number of carbonyl (C=O) groups excluding carboxylic acids is 1. The van der Waals surface area contributed by atoms with E-state index in [1.54, 1.807) is 12.1 Å². The van der Waals surface area contributed by atoms with Crippen LogP contribution in [0.15, 0.2) is 24.3 Å². The Bertz CT molecular complexity index is 319. The van der Waals surface area contributed by atoms with Gasteiger partial charge in [0.2, 0.25) is 0 Å². The maximum Gasteiger partial charge on any atom is 0.165 e. The number of carbonyl (C=O) groups is 1. The van der Waals surface area contributed by atoms with E-state index in [-0.39, 0.29) is 5.78 Å². The van der Waals surface area contributed by atoms with Crippen molar-refractivity contribution in [1.82, 2.24) is 4.90 Å². The minimum atomic E-state index is 0.164. The third-order valence-corrected chi connectivity index (χ3v) is 1.89. The minimum Gasteiger partial charge on any atom is -0.399 e. The molecule has 0 aliphatic carbocycles. The lowest BCUT2D eigenvalue weighted by Crippen LogP contribution is -2.26. The van der Waals surface area contributed by atoms with Crippen molar-refractivity contribution in [2.75, 3.05) is 38.2 Å². The molecule has 0 aromatic heterocycles. The lowest BCUT2D eigenvalue weighted by Gasteiger charge is -2.09. The first-order chi connectivity index (χ1) is 7.08. The van der Waals surface area contributed by atoms with E-state index in [1.807, 2.05) is 31.1 Å². The molecular formula is C11H17N3O. The molecule has 0 unspecified atom stereocenters. The molecule has 1 aromatic rings. The predicted molar refractivity (Wildman–Crippen MR) is 62.9 cm³/mol. The van der Waals surface area contributed by atoms with E-state index in [2.05, 4.69) is 5.32 Å². The van der Waals surface area contributed by atoms with Gasteiger partial charge < -0.3 is 16.0 Å². The highest BCUT2D eigenvalue weighted by atomic mass is 16.1. The molecule has 0 saturated carbocycles. The molecule has 3 N–H and O–H groups in total. The summed E-state index contributed by atoms with van der Waals surface area (Å²) in [6.45, 7) is 0.810. The van der Waals surface area contributed by atoms with Crippen LogP contribution in [-0.4, -0.2) is 37.9 Å². The Hall–Kier alpha value is -1.55. The number of ketones is 1. The Morgan fingerprint density at radius 2 is 1.93 bits per heavy atom. The van der Waals surface area contributed by atoms with Crippen LogP contribution in [0.25, 0.3) is 0 Å². The summed E-state index contributed by atoms with van der Waals surface area (Å²) in [7, 11) is 3.75. The maximum atomic E-state index is 11.4. The van der Waals surface area contributed by atoms with Crippen molar-refractivity contribution in [3.8, 4) is 0 Å². The monoisotopic (exact) mass is 207 g/mol. The number of nitrogen functional groups attached to an aromatic ring is 1. The normalized spacial score (nSPS) is 10.3. The zero-order valence-electron chi connectivity index (χ0n) is 9.16. The van der Waals surface area contributed by atoms with Crippen LogP contribution < -0.4 is 11.1 Å². The second-order valence-electron chi connectivity index (χ2n) is 3.75. The van der Waals surface area contributed by atoms with Gasteiger partial charge in [-0.25, -0.2) is 0 Å². The lowest BCUT2D eigenvalue weighted by molar-refractivity contribution is -0.118. The molecule has 4 nitrogen and oxygen atoms in total. The van der Waals surface area contributed by atoms with Crippen LogP contribution in [0.3, 0.4) is 0 Å². The Kier molecular flexibility index (Phi) is 4.12. The summed E-state index contributed by atoms with van der Waals surface area (Å²) in [6, 6.07) is 7.33. The van der Waals surface area contributed by atoms with Gasteiger partial charge in [-0.1, -0.05) is 0 Å². The van der Waals surface area contributed by atoms with Gasteiger partial charge in [0.15, 0.2) is 5.78 Å². The van der Waals surface area contributed by atoms with Gasteiger partial charge in [0.1, 0.15) is 0 Å². The molecule has 82 valence electrons. The van der Waals surface area contributed by atoms with Crippen molar-refractivity contribution in [3.05, 3.63) is 24.3 Å². The first-order valence-electron chi connectivity index (χ1n) is 4.84. The number of likely N-dealkylation sites (N-methyl/N-ethyl adjacent to an activating group) is 1. The Balaban J connectivity index is 2.37. The standard InChI is InChI=1S/C11H17N3O/c1-14(2)8-11(15)7-13-10-5-3-9(12)4-6-10/h3-6,13H,7-8,12H2,1-2H3. The number of Topliss-reactive ketones (excluding diaryl/α,β-unsaturated/α-hetero) is 1. The SMILES string of the molecule is CN(C)CC(=O)CNc1ccc(N)cc1. The molecular weight excluding hydrogens is 190 g/mol. The van der Waals surface area contributed by atoms with Gasteiger partial charge in [-0.15, -0.1) is 0 Å². The summed E-state index contributed by atoms with van der Waals surface area (Å²) in [5.74, 6) is 0.164. The second-order valence-corrected chi connectivity index (χ2v) is 3.75. The third-order valence-electron chi connectivity index (χ3n) is 1.89. The van der Waals surface area contributed by atoms with E-state index >= 15 is 0 Å². The summed E-state index contributed by atoms with van der Waals surface area (Å²) in [4.78, 5) is 13.2. The summed E-state index contributed by atoms with van der Waals surface area (Å²) < 4.78 is 0. The zero-order chi connectivity index (χ0) is 11.3. The van der Waals surface area contributed by atoms with E-state index in [4.69, 9.17) is 5.73 Å². The number of hydrogen-bond donors (Lipinski definition) is 2. The van der Waals surface area contributed by atoms with Crippen LogP contribution in [0.5, 0.6) is 0 Å². The van der Waals surface area contributed by atoms with Gasteiger partial charge in [0.25, 0.3) is 0 Å². The highest BCUT2D eigenvalue weighted by Gasteiger charge is 2.02. The number of hydrogen-bond acceptors (Lipinski definition) is 4. The first-order valence-corrected chi connectivity index (χ1v) is 4.84. The van der Waals surface area contributed by atoms with Gasteiger partial charge in [-0.05, 0) is 38.4 Å². The topological polar surface area (TPSA) is 58.4 Å². The fraction of sp³-hybridized carbons (Fsp3) is 0.364. The maximum absolute atomic E-state index is 11.4. The Morgan fingerprint density at radius 1 is 1.33 bits per heavy atom. The molecule has 0 radical (unpaired) electrons. The Morgan fingerprint density at radius 3 is 2.47 bits per heavy atom. The fourth-order valence-electron chi connectivity index (χ4n) is 1.21. The molecule has 0 fully saturated rings. The van der Waals surface area contributed by atoms with Crippen molar-refractivity contribution in [2.24, 2.45) is 0 Å². The molecule has 4 heteroatoms. The van der Waals surface area contributed by atoms with E-state index < -0.39 is 0 Å². The summed E-state index contributed by atoms with van der Waals surface area (Å²) in [6.07, 6.45) is 0. The molecule has 15 heavy (non-hydrogen) atoms. The van der Waals surface area contributed by atoms with E-state index in [9.17, 15) is 4.79 Å². The summed E-state index contributed by atoms with van der Waals surface area (Å²) in [5, 5.41) is 3.05. The van der Waals surface area contributed by atoms with Crippen molar-refractivity contribution in [1.29, 1.82) is 0 Å². The number of nitrogens with zero attached hydrogens (tertiary/aromatic N) is 1. The average Bonchev–Trinajstić information content (AvgIpc) is 2.16. The molecule has 0 bridgehead atoms. The quantitative estimate of drug-likeness (QED) is 0.702. The highest BCUT2D eigenvalue weighted by Crippen LogP contribution is 2.09. The molecule has 1 rings (SSSR count). The smallest absolute Gasteiger partial charge is 0.165 e. The third kappa shape index (κ3) is 4.46. The number of benzene rings is 1. The largest absolute Gasteiger partial charge is 0.399 e. The predicted octanol–water partition coefficient (Wildman–Crippen LogP) is 0.811. The molecule has 0 saturated heterocycles. The van der Waals surface area contributed by atoms with E-state index in [0.717, 1.165) is 11.4 Å². The van der Waals surface area contributed by atoms with Crippen molar-refractivity contribution >= 4 is 17.2 Å². The fourth-order valence-corrected chi connectivity index (χ4v) is 1.21. The van der Waals surface area contributed by atoms with Gasteiger partial charge in [0.05, 0.1) is 13.1 Å². The van der Waals surface area contributed by atoms with Crippen LogP contribution in [0.4, 0.5) is 11.4 Å². The van der Waals surface area contributed by atoms with Crippen LogP contribution in [-0.2, 0) is 4.79 Å². The van der Waals surface area contributed by atoms with E-state index in [1.165, 1.54) is 0 Å². The molecule has 0 heterocycles. The zero-order valence-corrected chi connectivity index (χ0v) is 9.16. The average molecular weight is 207 g/mol. The molecule has 1 aromatic carbocycles. The first kappa shape index (κ1) is 11.5. The summed E-state index contributed by atoms with van der Waals surface area (Å²) >= 11 is 0. The number of nitrogens with two attached hydrogens (primary N) is 1. The Labute approximate surface area is 90.1 Å². The molecule has 0 atom stereocenters. The van der Waals surface area contributed by atoms with Crippen molar-refractivity contribution < 1.29 is 4.79 Å². The number of nitrogens with one attached hydrogen (secondary N) is 1. The highest BCUT2D eigenvalue weighted by molar-refractivity contribution is 5.84. The lowest BCUT2D eigenvalue weighted by atomic mass is 10.2. The van der Waals surface area contributed by atoms with Crippen LogP contribution >= 0.6 is 0 Å². The molecule has 0 aliphatic heterocycles. The van der Waals surface area contributed by atoms with Gasteiger partial charge in [-0.2, -0.15) is 0 Å². The van der Waals surface area contributed by atoms with Gasteiger partial charge in [0, 0.05) is 11.4 Å². The van der Waals surface area contributed by atoms with Crippen LogP contribution in [0.2, 0.25) is 0 Å². The molecule has 0 amide bonds. The number of rotatable bonds is 5.